The van der Waals surface area contributed by atoms with E-state index >= 15 is 0 Å². The first kappa shape index (κ1) is 15.9. The van der Waals surface area contributed by atoms with Crippen molar-refractivity contribution in [3.05, 3.63) is 59.6 Å². The Hall–Kier alpha value is -1.52. The number of hydrogen-bond donors (Lipinski definition) is 0. The van der Waals surface area contributed by atoms with Gasteiger partial charge in [-0.05, 0) is 42.8 Å². The van der Waals surface area contributed by atoms with Crippen molar-refractivity contribution in [2.24, 2.45) is 0 Å². The van der Waals surface area contributed by atoms with Gasteiger partial charge in [0.1, 0.15) is 0 Å². The fourth-order valence-corrected chi connectivity index (χ4v) is 3.65. The highest BCUT2D eigenvalue weighted by Gasteiger charge is 2.24. The van der Waals surface area contributed by atoms with Crippen molar-refractivity contribution in [2.75, 3.05) is 10.8 Å². The molecule has 0 amide bonds. The molecule has 0 radical (unpaired) electrons. The van der Waals surface area contributed by atoms with Crippen LogP contribution in [0.15, 0.2) is 59.5 Å². The standard InChI is InChI=1S/C16H18ClNO2S/c1-2-3-13-18(15-7-5-4-6-8-15)21(19,20)16-11-9-14(17)10-12-16/h4-12H,2-3,13H2,1H3. The second-order valence-electron chi connectivity index (χ2n) is 4.72. The fraction of sp³-hybridized carbons (Fsp3) is 0.250. The van der Waals surface area contributed by atoms with Gasteiger partial charge < -0.3 is 0 Å². The largest absolute Gasteiger partial charge is 0.266 e. The third-order valence-electron chi connectivity index (χ3n) is 3.16. The van der Waals surface area contributed by atoms with Crippen LogP contribution in [0.5, 0.6) is 0 Å². The summed E-state index contributed by atoms with van der Waals surface area (Å²) in [5.74, 6) is 0. The maximum absolute atomic E-state index is 12.8. The molecule has 0 heterocycles. The maximum atomic E-state index is 12.8. The van der Waals surface area contributed by atoms with Gasteiger partial charge in [0.2, 0.25) is 0 Å². The van der Waals surface area contributed by atoms with Crippen LogP contribution in [0.2, 0.25) is 5.02 Å². The lowest BCUT2D eigenvalue weighted by Crippen LogP contribution is -2.31. The van der Waals surface area contributed by atoms with Gasteiger partial charge in [-0.2, -0.15) is 0 Å². The molecule has 0 bridgehead atoms. The quantitative estimate of drug-likeness (QED) is 0.793. The van der Waals surface area contributed by atoms with E-state index in [2.05, 4.69) is 0 Å². The van der Waals surface area contributed by atoms with Gasteiger partial charge >= 0.3 is 0 Å². The number of unbranched alkanes of at least 4 members (excludes halogenated alkanes) is 1. The number of benzene rings is 2. The summed E-state index contributed by atoms with van der Waals surface area (Å²) < 4.78 is 27.1. The maximum Gasteiger partial charge on any atom is 0.264 e. The molecule has 0 atom stereocenters. The third-order valence-corrected chi connectivity index (χ3v) is 5.25. The van der Waals surface area contributed by atoms with Crippen LogP contribution < -0.4 is 4.31 Å². The molecule has 0 aliphatic rings. The highest BCUT2D eigenvalue weighted by Crippen LogP contribution is 2.24. The summed E-state index contributed by atoms with van der Waals surface area (Å²) in [6.07, 6.45) is 1.74. The van der Waals surface area contributed by atoms with E-state index in [0.29, 0.717) is 17.3 Å². The Morgan fingerprint density at radius 1 is 1.00 bits per heavy atom. The van der Waals surface area contributed by atoms with Gasteiger partial charge in [-0.1, -0.05) is 43.1 Å². The lowest BCUT2D eigenvalue weighted by atomic mass is 10.3. The number of hydrogen-bond acceptors (Lipinski definition) is 2. The molecular weight excluding hydrogens is 306 g/mol. The Kier molecular flexibility index (Phi) is 5.26. The minimum atomic E-state index is -3.57. The number of halogens is 1. The zero-order valence-corrected chi connectivity index (χ0v) is 13.4. The first-order chi connectivity index (χ1) is 10.1. The van der Waals surface area contributed by atoms with E-state index in [1.807, 2.05) is 37.3 Å². The Balaban J connectivity index is 2.42. The van der Waals surface area contributed by atoms with Crippen LogP contribution in [0.4, 0.5) is 5.69 Å². The second-order valence-corrected chi connectivity index (χ2v) is 7.02. The zero-order valence-electron chi connectivity index (χ0n) is 11.9. The number of rotatable bonds is 6. The SMILES string of the molecule is CCCCN(c1ccccc1)S(=O)(=O)c1ccc(Cl)cc1. The van der Waals surface area contributed by atoms with Crippen LogP contribution in [0.1, 0.15) is 19.8 Å². The summed E-state index contributed by atoms with van der Waals surface area (Å²) in [5, 5.41) is 0.522. The van der Waals surface area contributed by atoms with Gasteiger partial charge in [-0.3, -0.25) is 4.31 Å². The Bertz CT molecular complexity index is 669. The normalized spacial score (nSPS) is 11.3. The van der Waals surface area contributed by atoms with Gasteiger partial charge in [0.25, 0.3) is 10.0 Å². The molecule has 0 aliphatic carbocycles. The van der Waals surface area contributed by atoms with Gasteiger partial charge in [0.05, 0.1) is 10.6 Å². The highest BCUT2D eigenvalue weighted by molar-refractivity contribution is 7.92. The minimum Gasteiger partial charge on any atom is -0.266 e. The molecule has 5 heteroatoms. The summed E-state index contributed by atoms with van der Waals surface area (Å²) in [4.78, 5) is 0.256. The van der Waals surface area contributed by atoms with E-state index in [1.165, 1.54) is 4.31 Å². The van der Waals surface area contributed by atoms with E-state index in [4.69, 9.17) is 11.6 Å². The molecule has 21 heavy (non-hydrogen) atoms. The number of para-hydroxylation sites is 1. The molecule has 0 fully saturated rings. The summed E-state index contributed by atoms with van der Waals surface area (Å²) in [7, 11) is -3.57. The topological polar surface area (TPSA) is 37.4 Å². The van der Waals surface area contributed by atoms with E-state index in [0.717, 1.165) is 12.8 Å². The molecular formula is C16H18ClNO2S. The summed E-state index contributed by atoms with van der Waals surface area (Å²) in [5.41, 5.74) is 0.681. The molecule has 112 valence electrons. The van der Waals surface area contributed by atoms with Crippen molar-refractivity contribution < 1.29 is 8.42 Å². The minimum absolute atomic E-state index is 0.256. The van der Waals surface area contributed by atoms with Crippen LogP contribution in [-0.4, -0.2) is 15.0 Å². The summed E-state index contributed by atoms with van der Waals surface area (Å²) >= 11 is 5.83. The number of anilines is 1. The highest BCUT2D eigenvalue weighted by atomic mass is 35.5. The van der Waals surface area contributed by atoms with Crippen molar-refractivity contribution in [1.29, 1.82) is 0 Å². The van der Waals surface area contributed by atoms with E-state index in [-0.39, 0.29) is 4.90 Å². The molecule has 3 nitrogen and oxygen atoms in total. The van der Waals surface area contributed by atoms with Crippen molar-refractivity contribution in [2.45, 2.75) is 24.7 Å². The van der Waals surface area contributed by atoms with E-state index in [1.54, 1.807) is 24.3 Å². The Labute approximate surface area is 131 Å². The zero-order chi connectivity index (χ0) is 15.3. The van der Waals surface area contributed by atoms with Crippen LogP contribution in [0.25, 0.3) is 0 Å². The molecule has 0 spiro atoms. The van der Waals surface area contributed by atoms with Gasteiger partial charge in [-0.15, -0.1) is 0 Å². The average Bonchev–Trinajstić information content (AvgIpc) is 2.49. The summed E-state index contributed by atoms with van der Waals surface area (Å²) in [6.45, 7) is 2.50. The van der Waals surface area contributed by atoms with Crippen LogP contribution in [0.3, 0.4) is 0 Å². The number of nitrogens with zero attached hydrogens (tertiary/aromatic N) is 1. The predicted octanol–water partition coefficient (Wildman–Crippen LogP) is 4.34. The monoisotopic (exact) mass is 323 g/mol. The molecule has 2 rings (SSSR count). The van der Waals surface area contributed by atoms with Gasteiger partial charge in [-0.25, -0.2) is 8.42 Å². The van der Waals surface area contributed by atoms with Crippen molar-refractivity contribution in [3.8, 4) is 0 Å². The molecule has 0 aliphatic heterocycles. The third kappa shape index (κ3) is 3.77. The molecule has 0 saturated heterocycles. The van der Waals surface area contributed by atoms with Gasteiger partial charge in [0, 0.05) is 11.6 Å². The molecule has 0 N–H and O–H groups in total. The molecule has 0 unspecified atom stereocenters. The molecule has 0 saturated carbocycles. The first-order valence-corrected chi connectivity index (χ1v) is 8.71. The van der Waals surface area contributed by atoms with Crippen molar-refractivity contribution >= 4 is 27.3 Å². The fourth-order valence-electron chi connectivity index (χ4n) is 2.02. The van der Waals surface area contributed by atoms with E-state index < -0.39 is 10.0 Å². The smallest absolute Gasteiger partial charge is 0.264 e. The lowest BCUT2D eigenvalue weighted by Gasteiger charge is -2.24. The van der Waals surface area contributed by atoms with Crippen molar-refractivity contribution in [3.63, 3.8) is 0 Å². The van der Waals surface area contributed by atoms with Crippen LogP contribution in [-0.2, 0) is 10.0 Å². The lowest BCUT2D eigenvalue weighted by molar-refractivity contribution is 0.588. The average molecular weight is 324 g/mol. The van der Waals surface area contributed by atoms with E-state index in [9.17, 15) is 8.42 Å². The van der Waals surface area contributed by atoms with Gasteiger partial charge in [0.15, 0.2) is 0 Å². The molecule has 2 aromatic carbocycles. The Morgan fingerprint density at radius 2 is 1.62 bits per heavy atom. The second kappa shape index (κ2) is 6.96. The van der Waals surface area contributed by atoms with Crippen molar-refractivity contribution in [1.82, 2.24) is 0 Å². The van der Waals surface area contributed by atoms with Crippen LogP contribution in [0, 0.1) is 0 Å². The first-order valence-electron chi connectivity index (χ1n) is 6.89. The molecule has 0 aromatic heterocycles. The number of sulfonamides is 1. The predicted molar refractivity (Wildman–Crippen MR) is 87.3 cm³/mol. The van der Waals surface area contributed by atoms with Crippen LogP contribution >= 0.6 is 11.6 Å². The molecule has 2 aromatic rings. The Morgan fingerprint density at radius 3 is 2.19 bits per heavy atom. The summed E-state index contributed by atoms with van der Waals surface area (Å²) in [6, 6.07) is 15.4.